The Balaban J connectivity index is 2.27. The third-order valence-electron chi connectivity index (χ3n) is 4.83. The first-order valence-corrected chi connectivity index (χ1v) is 10.2. The van der Waals surface area contributed by atoms with Crippen molar-refractivity contribution in [3.63, 3.8) is 0 Å². The van der Waals surface area contributed by atoms with Gasteiger partial charge in [-0.2, -0.15) is 0 Å². The summed E-state index contributed by atoms with van der Waals surface area (Å²) in [6, 6.07) is 8.49. The maximum absolute atomic E-state index is 5.88. The van der Waals surface area contributed by atoms with Crippen LogP contribution in [0.25, 0.3) is 0 Å². The molecule has 0 spiro atoms. The van der Waals surface area contributed by atoms with Crippen LogP contribution in [0.1, 0.15) is 90.5 Å². The molecule has 24 heavy (non-hydrogen) atoms. The lowest BCUT2D eigenvalue weighted by Gasteiger charge is -2.10. The summed E-state index contributed by atoms with van der Waals surface area (Å²) in [5.41, 5.74) is 1.34. The van der Waals surface area contributed by atoms with Crippen LogP contribution in [-0.4, -0.2) is 0 Å². The summed E-state index contributed by atoms with van der Waals surface area (Å²) < 4.78 is 5.88. The van der Waals surface area contributed by atoms with Crippen molar-refractivity contribution >= 4 is 0 Å². The topological polar surface area (TPSA) is 9.23 Å². The first-order valence-electron chi connectivity index (χ1n) is 10.2. The molecule has 1 aromatic carbocycles. The monoisotopic (exact) mass is 330 g/mol. The number of benzene rings is 1. The number of unbranched alkanes of at least 4 members (excludes halogenated alkanes) is 6. The Bertz CT molecular complexity index is 435. The van der Waals surface area contributed by atoms with Crippen molar-refractivity contribution in [3.8, 4) is 5.75 Å². The fourth-order valence-electron chi connectivity index (χ4n) is 2.89. The van der Waals surface area contributed by atoms with Crippen LogP contribution in [0.5, 0.6) is 5.75 Å². The molecule has 136 valence electrons. The molecule has 0 fully saturated rings. The molecule has 0 saturated heterocycles. The molecule has 1 nitrogen and oxygen atoms in total. The second kappa shape index (κ2) is 14.1. The molecule has 0 amide bonds. The highest BCUT2D eigenvalue weighted by Crippen LogP contribution is 2.21. The summed E-state index contributed by atoms with van der Waals surface area (Å²) in [6.45, 7) is 6.90. The van der Waals surface area contributed by atoms with Gasteiger partial charge in [-0.1, -0.05) is 83.9 Å². The summed E-state index contributed by atoms with van der Waals surface area (Å²) in [4.78, 5) is 0. The molecule has 1 aromatic rings. The predicted octanol–water partition coefficient (Wildman–Crippen LogP) is 7.70. The number of allylic oxidation sites excluding steroid dienone is 1. The normalized spacial score (nSPS) is 12.6. The Kier molecular flexibility index (Phi) is 12.3. The largest absolute Gasteiger partial charge is 0.465 e. The molecule has 0 heterocycles. The van der Waals surface area contributed by atoms with E-state index in [1.165, 1.54) is 63.4 Å². The minimum Gasteiger partial charge on any atom is -0.465 e. The number of ether oxygens (including phenoxy) is 1. The lowest BCUT2D eigenvalue weighted by atomic mass is 9.99. The number of para-hydroxylation sites is 1. The lowest BCUT2D eigenvalue weighted by Crippen LogP contribution is -1.94. The van der Waals surface area contributed by atoms with Crippen LogP contribution in [0.2, 0.25) is 0 Å². The molecule has 1 rings (SSSR count). The van der Waals surface area contributed by atoms with Gasteiger partial charge in [0.05, 0.1) is 6.26 Å². The maximum Gasteiger partial charge on any atom is 0.129 e. The molecular weight excluding hydrogens is 292 g/mol. The summed E-state index contributed by atoms with van der Waals surface area (Å²) in [5, 5.41) is 0. The molecule has 0 radical (unpaired) electrons. The van der Waals surface area contributed by atoms with Crippen molar-refractivity contribution in [1.29, 1.82) is 0 Å². The molecule has 0 aliphatic carbocycles. The fraction of sp³-hybridized carbons (Fsp3) is 0.652. The van der Waals surface area contributed by atoms with Crippen molar-refractivity contribution < 1.29 is 4.74 Å². The van der Waals surface area contributed by atoms with Gasteiger partial charge in [0.25, 0.3) is 0 Å². The van der Waals surface area contributed by atoms with Gasteiger partial charge in [-0.15, -0.1) is 0 Å². The van der Waals surface area contributed by atoms with Crippen LogP contribution in [0, 0.1) is 5.92 Å². The van der Waals surface area contributed by atoms with Crippen LogP contribution in [0.3, 0.4) is 0 Å². The molecule has 0 saturated carbocycles. The average Bonchev–Trinajstić information content (AvgIpc) is 2.61. The van der Waals surface area contributed by atoms with E-state index in [2.05, 4.69) is 51.1 Å². The Hall–Kier alpha value is -1.24. The molecule has 1 atom stereocenters. The summed E-state index contributed by atoms with van der Waals surface area (Å²) in [7, 11) is 0. The van der Waals surface area contributed by atoms with Gasteiger partial charge >= 0.3 is 0 Å². The Morgan fingerprint density at radius 1 is 0.958 bits per heavy atom. The second-order valence-electron chi connectivity index (χ2n) is 7.06. The Morgan fingerprint density at radius 2 is 1.75 bits per heavy atom. The van der Waals surface area contributed by atoms with E-state index in [4.69, 9.17) is 4.74 Å². The van der Waals surface area contributed by atoms with Gasteiger partial charge in [0.15, 0.2) is 0 Å². The molecular formula is C23H38O. The van der Waals surface area contributed by atoms with E-state index in [0.717, 1.165) is 24.5 Å². The van der Waals surface area contributed by atoms with Gasteiger partial charge in [-0.25, -0.2) is 0 Å². The van der Waals surface area contributed by atoms with Crippen LogP contribution in [-0.2, 0) is 6.42 Å². The third kappa shape index (κ3) is 9.80. The zero-order valence-corrected chi connectivity index (χ0v) is 16.2. The van der Waals surface area contributed by atoms with Gasteiger partial charge in [0, 0.05) is 0 Å². The highest BCUT2D eigenvalue weighted by molar-refractivity contribution is 5.33. The number of hydrogen-bond donors (Lipinski definition) is 0. The maximum atomic E-state index is 5.88. The van der Waals surface area contributed by atoms with E-state index < -0.39 is 0 Å². The van der Waals surface area contributed by atoms with Gasteiger partial charge in [-0.05, 0) is 49.3 Å². The molecule has 0 aromatic heterocycles. The first kappa shape index (κ1) is 20.8. The summed E-state index contributed by atoms with van der Waals surface area (Å²) in [6.07, 6.45) is 18.2. The lowest BCUT2D eigenvalue weighted by molar-refractivity contribution is 0.463. The van der Waals surface area contributed by atoms with Gasteiger partial charge < -0.3 is 4.74 Å². The summed E-state index contributed by atoms with van der Waals surface area (Å²) >= 11 is 0. The minimum absolute atomic E-state index is 0.878. The first-order chi connectivity index (χ1) is 11.8. The average molecular weight is 331 g/mol. The van der Waals surface area contributed by atoms with E-state index in [0.29, 0.717) is 0 Å². The zero-order valence-electron chi connectivity index (χ0n) is 16.2. The molecule has 0 bridgehead atoms. The molecule has 0 aliphatic heterocycles. The predicted molar refractivity (Wildman–Crippen MR) is 107 cm³/mol. The quantitative estimate of drug-likeness (QED) is 0.251. The fourth-order valence-corrected chi connectivity index (χ4v) is 2.89. The van der Waals surface area contributed by atoms with Crippen molar-refractivity contribution in [2.45, 2.75) is 91.4 Å². The summed E-state index contributed by atoms with van der Waals surface area (Å²) in [5.74, 6) is 1.91. The SMILES string of the molecule is CCCCCCC=COc1ccccc1CCCCCC(C)CC. The van der Waals surface area contributed by atoms with Gasteiger partial charge in [0.1, 0.15) is 5.75 Å². The van der Waals surface area contributed by atoms with Crippen LogP contribution in [0.15, 0.2) is 36.6 Å². The van der Waals surface area contributed by atoms with E-state index >= 15 is 0 Å². The van der Waals surface area contributed by atoms with E-state index in [1.807, 2.05) is 6.26 Å². The Labute approximate surface area is 150 Å². The highest BCUT2D eigenvalue weighted by atomic mass is 16.5. The number of aryl methyl sites for hydroxylation is 1. The number of hydrogen-bond acceptors (Lipinski definition) is 1. The Morgan fingerprint density at radius 3 is 2.54 bits per heavy atom. The minimum atomic E-state index is 0.878. The van der Waals surface area contributed by atoms with Gasteiger partial charge in [0.2, 0.25) is 0 Å². The zero-order chi connectivity index (χ0) is 17.5. The number of rotatable bonds is 14. The van der Waals surface area contributed by atoms with Crippen LogP contribution < -0.4 is 4.74 Å². The van der Waals surface area contributed by atoms with Crippen molar-refractivity contribution in [2.24, 2.45) is 5.92 Å². The van der Waals surface area contributed by atoms with Crippen LogP contribution in [0.4, 0.5) is 0 Å². The van der Waals surface area contributed by atoms with E-state index in [-0.39, 0.29) is 0 Å². The van der Waals surface area contributed by atoms with Gasteiger partial charge in [-0.3, -0.25) is 0 Å². The smallest absolute Gasteiger partial charge is 0.129 e. The van der Waals surface area contributed by atoms with Crippen LogP contribution >= 0.6 is 0 Å². The van der Waals surface area contributed by atoms with Crippen molar-refractivity contribution in [2.75, 3.05) is 0 Å². The van der Waals surface area contributed by atoms with Crippen molar-refractivity contribution in [3.05, 3.63) is 42.2 Å². The van der Waals surface area contributed by atoms with E-state index in [9.17, 15) is 0 Å². The van der Waals surface area contributed by atoms with Crippen molar-refractivity contribution in [1.82, 2.24) is 0 Å². The second-order valence-corrected chi connectivity index (χ2v) is 7.06. The highest BCUT2D eigenvalue weighted by Gasteiger charge is 2.03. The van der Waals surface area contributed by atoms with E-state index in [1.54, 1.807) is 0 Å². The molecule has 1 unspecified atom stereocenters. The molecule has 0 N–H and O–H groups in total. The third-order valence-corrected chi connectivity index (χ3v) is 4.83. The molecule has 1 heteroatoms. The standard InChI is InChI=1S/C23H38O/c1-4-6-7-8-9-15-20-24-23-19-14-13-18-22(23)17-12-10-11-16-21(3)5-2/h13-15,18-21H,4-12,16-17H2,1-3H3. The molecule has 0 aliphatic rings.